The average molecular weight is 271 g/mol. The van der Waals surface area contributed by atoms with E-state index in [2.05, 4.69) is 45.6 Å². The lowest BCUT2D eigenvalue weighted by molar-refractivity contribution is 0.526. The number of nitrogens with one attached hydrogen (secondary N) is 1. The van der Waals surface area contributed by atoms with Gasteiger partial charge in [0.2, 0.25) is 0 Å². The first-order valence-corrected chi connectivity index (χ1v) is 7.14. The van der Waals surface area contributed by atoms with Crippen molar-refractivity contribution in [3.8, 4) is 0 Å². The summed E-state index contributed by atoms with van der Waals surface area (Å²) in [5, 5.41) is 8.00. The molecule has 2 aromatic rings. The highest BCUT2D eigenvalue weighted by molar-refractivity contribution is 5.48. The second kappa shape index (κ2) is 5.53. The van der Waals surface area contributed by atoms with Crippen LogP contribution in [0.2, 0.25) is 0 Å². The van der Waals surface area contributed by atoms with Crippen LogP contribution in [0.15, 0.2) is 30.7 Å². The van der Waals surface area contributed by atoms with Crippen LogP contribution in [0.3, 0.4) is 0 Å². The molecule has 1 fully saturated rings. The third-order valence-corrected chi connectivity index (χ3v) is 3.90. The van der Waals surface area contributed by atoms with Crippen molar-refractivity contribution in [2.24, 2.45) is 7.05 Å². The second-order valence-corrected chi connectivity index (χ2v) is 5.41. The zero-order valence-corrected chi connectivity index (χ0v) is 12.1. The van der Waals surface area contributed by atoms with Crippen LogP contribution in [-0.4, -0.2) is 33.9 Å². The third kappa shape index (κ3) is 2.76. The van der Waals surface area contributed by atoms with E-state index >= 15 is 0 Å². The van der Waals surface area contributed by atoms with E-state index in [4.69, 9.17) is 0 Å². The van der Waals surface area contributed by atoms with E-state index in [1.54, 1.807) is 0 Å². The molecule has 5 nitrogen and oxygen atoms in total. The molecule has 1 N–H and O–H groups in total. The highest BCUT2D eigenvalue weighted by Gasteiger charge is 2.20. The molecule has 0 saturated carbocycles. The van der Waals surface area contributed by atoms with Crippen LogP contribution >= 0.6 is 0 Å². The number of aryl methyl sites for hydroxylation is 2. The number of hydrogen-bond acceptors (Lipinski definition) is 4. The smallest absolute Gasteiger partial charge is 0.0825 e. The summed E-state index contributed by atoms with van der Waals surface area (Å²) < 4.78 is 1.86. The fraction of sp³-hybridized carbons (Fsp3) is 0.467. The van der Waals surface area contributed by atoms with E-state index in [9.17, 15) is 0 Å². The van der Waals surface area contributed by atoms with Crippen molar-refractivity contribution < 1.29 is 0 Å². The lowest BCUT2D eigenvalue weighted by Gasteiger charge is -2.34. The summed E-state index contributed by atoms with van der Waals surface area (Å²) in [6, 6.07) is 4.70. The lowest BCUT2D eigenvalue weighted by atomic mass is 10.0. The molecule has 0 atom stereocenters. The fourth-order valence-electron chi connectivity index (χ4n) is 2.80. The zero-order valence-electron chi connectivity index (χ0n) is 12.1. The molecule has 0 bridgehead atoms. The van der Waals surface area contributed by atoms with Crippen molar-refractivity contribution >= 4 is 11.4 Å². The molecule has 0 aliphatic carbocycles. The van der Waals surface area contributed by atoms with Crippen LogP contribution < -0.4 is 10.2 Å². The monoisotopic (exact) mass is 271 g/mol. The van der Waals surface area contributed by atoms with Crippen molar-refractivity contribution in [2.45, 2.75) is 25.8 Å². The topological polar surface area (TPSA) is 46.0 Å². The number of nitrogens with zero attached hydrogens (tertiary/aromatic N) is 4. The summed E-state index contributed by atoms with van der Waals surface area (Å²) >= 11 is 0. The Bertz CT molecular complexity index is 555. The molecule has 0 unspecified atom stereocenters. The van der Waals surface area contributed by atoms with Gasteiger partial charge in [-0.1, -0.05) is 0 Å². The van der Waals surface area contributed by atoms with Gasteiger partial charge in [-0.2, -0.15) is 5.10 Å². The van der Waals surface area contributed by atoms with Gasteiger partial charge in [-0.15, -0.1) is 0 Å². The van der Waals surface area contributed by atoms with Crippen molar-refractivity contribution in [1.82, 2.24) is 14.8 Å². The number of piperidine rings is 1. The molecule has 2 aromatic heterocycles. The SMILES string of the molecule is Cc1nn(C)cc1NC1CCN(c2ccncc2)CC1. The van der Waals surface area contributed by atoms with Crippen LogP contribution in [0.25, 0.3) is 0 Å². The van der Waals surface area contributed by atoms with Crippen LogP contribution in [0.5, 0.6) is 0 Å². The second-order valence-electron chi connectivity index (χ2n) is 5.41. The molecule has 1 saturated heterocycles. The van der Waals surface area contributed by atoms with Gasteiger partial charge in [0.25, 0.3) is 0 Å². The Morgan fingerprint density at radius 3 is 2.50 bits per heavy atom. The third-order valence-electron chi connectivity index (χ3n) is 3.90. The molecule has 0 aromatic carbocycles. The van der Waals surface area contributed by atoms with E-state index in [1.165, 1.54) is 5.69 Å². The molecule has 0 spiro atoms. The lowest BCUT2D eigenvalue weighted by Crippen LogP contribution is -2.39. The molecule has 3 rings (SSSR count). The molecule has 0 radical (unpaired) electrons. The first-order valence-electron chi connectivity index (χ1n) is 7.14. The predicted molar refractivity (Wildman–Crippen MR) is 81.0 cm³/mol. The van der Waals surface area contributed by atoms with E-state index in [0.717, 1.165) is 37.3 Å². The fourth-order valence-corrected chi connectivity index (χ4v) is 2.80. The van der Waals surface area contributed by atoms with Crippen molar-refractivity contribution in [2.75, 3.05) is 23.3 Å². The van der Waals surface area contributed by atoms with Gasteiger partial charge in [0.1, 0.15) is 0 Å². The minimum Gasteiger partial charge on any atom is -0.379 e. The highest BCUT2D eigenvalue weighted by Crippen LogP contribution is 2.22. The average Bonchev–Trinajstić information content (AvgIpc) is 2.79. The zero-order chi connectivity index (χ0) is 13.9. The Labute approximate surface area is 119 Å². The number of pyridine rings is 1. The first-order chi connectivity index (χ1) is 9.72. The number of anilines is 2. The molecule has 1 aliphatic heterocycles. The minimum absolute atomic E-state index is 0.538. The van der Waals surface area contributed by atoms with Crippen LogP contribution in [-0.2, 0) is 7.05 Å². The maximum atomic E-state index is 4.38. The van der Waals surface area contributed by atoms with Gasteiger partial charge in [0, 0.05) is 50.5 Å². The van der Waals surface area contributed by atoms with Gasteiger partial charge in [-0.25, -0.2) is 0 Å². The van der Waals surface area contributed by atoms with Gasteiger partial charge in [-0.05, 0) is 31.9 Å². The van der Waals surface area contributed by atoms with Crippen molar-refractivity contribution in [3.63, 3.8) is 0 Å². The largest absolute Gasteiger partial charge is 0.379 e. The highest BCUT2D eigenvalue weighted by atomic mass is 15.3. The van der Waals surface area contributed by atoms with Gasteiger partial charge < -0.3 is 10.2 Å². The minimum atomic E-state index is 0.538. The number of rotatable bonds is 3. The Hall–Kier alpha value is -2.04. The molecular weight excluding hydrogens is 250 g/mol. The van der Waals surface area contributed by atoms with E-state index < -0.39 is 0 Å². The quantitative estimate of drug-likeness (QED) is 0.929. The Morgan fingerprint density at radius 1 is 1.20 bits per heavy atom. The summed E-state index contributed by atoms with van der Waals surface area (Å²) in [5.74, 6) is 0. The Balaban J connectivity index is 1.58. The molecule has 20 heavy (non-hydrogen) atoms. The van der Waals surface area contributed by atoms with Crippen LogP contribution in [0.4, 0.5) is 11.4 Å². The Kier molecular flexibility index (Phi) is 3.58. The maximum absolute atomic E-state index is 4.38. The molecule has 3 heterocycles. The molecule has 1 aliphatic rings. The molecule has 5 heteroatoms. The van der Waals surface area contributed by atoms with Gasteiger partial charge in [0.15, 0.2) is 0 Å². The van der Waals surface area contributed by atoms with Crippen LogP contribution in [0, 0.1) is 6.92 Å². The van der Waals surface area contributed by atoms with Crippen molar-refractivity contribution in [3.05, 3.63) is 36.4 Å². The van der Waals surface area contributed by atoms with E-state index in [-0.39, 0.29) is 0 Å². The van der Waals surface area contributed by atoms with Crippen molar-refractivity contribution in [1.29, 1.82) is 0 Å². The summed E-state index contributed by atoms with van der Waals surface area (Å²) in [6.07, 6.45) is 8.08. The van der Waals surface area contributed by atoms with Gasteiger partial charge in [0.05, 0.1) is 11.4 Å². The number of aromatic nitrogens is 3. The van der Waals surface area contributed by atoms with Gasteiger partial charge >= 0.3 is 0 Å². The summed E-state index contributed by atoms with van der Waals surface area (Å²) in [5.41, 5.74) is 3.51. The number of hydrogen-bond donors (Lipinski definition) is 1. The molecule has 106 valence electrons. The van der Waals surface area contributed by atoms with Gasteiger partial charge in [-0.3, -0.25) is 9.67 Å². The van der Waals surface area contributed by atoms with Crippen LogP contribution in [0.1, 0.15) is 18.5 Å². The molecule has 0 amide bonds. The summed E-state index contributed by atoms with van der Waals surface area (Å²) in [4.78, 5) is 6.50. The summed E-state index contributed by atoms with van der Waals surface area (Å²) in [7, 11) is 1.96. The Morgan fingerprint density at radius 2 is 1.90 bits per heavy atom. The standard InChI is InChI=1S/C15H21N5/c1-12-15(11-19(2)18-12)17-13-5-9-20(10-6-13)14-3-7-16-8-4-14/h3-4,7-8,11,13,17H,5-6,9-10H2,1-2H3. The predicted octanol–water partition coefficient (Wildman–Crippen LogP) is 2.20. The maximum Gasteiger partial charge on any atom is 0.0825 e. The normalized spacial score (nSPS) is 16.4. The van der Waals surface area contributed by atoms with E-state index in [0.29, 0.717) is 6.04 Å². The first kappa shape index (κ1) is 13.0. The molecular formula is C15H21N5. The van der Waals surface area contributed by atoms with E-state index in [1.807, 2.05) is 24.1 Å². The summed E-state index contributed by atoms with van der Waals surface area (Å²) in [6.45, 7) is 4.22.